The number of amides is 1. The second-order valence-corrected chi connectivity index (χ2v) is 9.87. The summed E-state index contributed by atoms with van der Waals surface area (Å²) in [5, 5.41) is 3.50. The molecule has 1 aromatic carbocycles. The number of hydrogen-bond donors (Lipinski definition) is 1. The zero-order chi connectivity index (χ0) is 23.1. The molecule has 1 aliphatic carbocycles. The third-order valence-electron chi connectivity index (χ3n) is 6.03. The number of halogens is 1. The molecule has 186 valence electrons. The van der Waals surface area contributed by atoms with Crippen LogP contribution in [0.2, 0.25) is 0 Å². The maximum atomic E-state index is 12.9. The molecule has 8 heteroatoms. The van der Waals surface area contributed by atoms with Gasteiger partial charge in [-0.05, 0) is 76.5 Å². The van der Waals surface area contributed by atoms with Crippen molar-refractivity contribution in [3.05, 3.63) is 29.8 Å². The van der Waals surface area contributed by atoms with Gasteiger partial charge in [0.15, 0.2) is 5.96 Å². The van der Waals surface area contributed by atoms with Crippen LogP contribution in [0.1, 0.15) is 52.0 Å². The van der Waals surface area contributed by atoms with E-state index < -0.39 is 5.60 Å². The van der Waals surface area contributed by atoms with Crippen molar-refractivity contribution in [1.29, 1.82) is 0 Å². The van der Waals surface area contributed by atoms with E-state index in [0.29, 0.717) is 5.92 Å². The van der Waals surface area contributed by atoms with Gasteiger partial charge >= 0.3 is 6.09 Å². The van der Waals surface area contributed by atoms with Gasteiger partial charge in [-0.1, -0.05) is 12.1 Å². The van der Waals surface area contributed by atoms with Crippen LogP contribution in [0.25, 0.3) is 0 Å². The Kier molecular flexibility index (Phi) is 10.6. The van der Waals surface area contributed by atoms with Crippen molar-refractivity contribution in [2.45, 2.75) is 64.5 Å². The number of carbonyl (C=O) groups is 1. The molecular formula is C25H41IN4O3. The number of piperidine rings is 1. The SMILES string of the molecule is CN=C(NCCc1cccc(OC)c1)N1CCC(N(CC2CC2)C(=O)OC(C)(C)C)CC1.I. The summed E-state index contributed by atoms with van der Waals surface area (Å²) in [6, 6.07) is 8.40. The normalized spacial score (nSPS) is 17.2. The summed E-state index contributed by atoms with van der Waals surface area (Å²) in [6.07, 6.45) is 5.05. The molecule has 0 radical (unpaired) electrons. The van der Waals surface area contributed by atoms with Crippen molar-refractivity contribution < 1.29 is 14.3 Å². The van der Waals surface area contributed by atoms with Crippen LogP contribution >= 0.6 is 24.0 Å². The topological polar surface area (TPSA) is 66.4 Å². The van der Waals surface area contributed by atoms with Crippen LogP contribution in [0.5, 0.6) is 5.75 Å². The van der Waals surface area contributed by atoms with Crippen LogP contribution in [0.4, 0.5) is 4.79 Å². The molecule has 3 rings (SSSR count). The summed E-state index contributed by atoms with van der Waals surface area (Å²) in [7, 11) is 3.53. The summed E-state index contributed by atoms with van der Waals surface area (Å²) in [6.45, 7) is 9.21. The molecule has 1 heterocycles. The Hall–Kier alpha value is -1.71. The van der Waals surface area contributed by atoms with E-state index in [-0.39, 0.29) is 36.1 Å². The number of likely N-dealkylation sites (tertiary alicyclic amines) is 1. The number of guanidine groups is 1. The lowest BCUT2D eigenvalue weighted by atomic mass is 10.0. The fourth-order valence-electron chi connectivity index (χ4n) is 4.14. The summed E-state index contributed by atoms with van der Waals surface area (Å²) < 4.78 is 11.0. The molecule has 7 nitrogen and oxygen atoms in total. The Morgan fingerprint density at radius 1 is 1.21 bits per heavy atom. The van der Waals surface area contributed by atoms with Crippen molar-refractivity contribution in [2.75, 3.05) is 40.3 Å². The number of hydrogen-bond acceptors (Lipinski definition) is 4. The molecule has 0 aromatic heterocycles. The van der Waals surface area contributed by atoms with Crippen molar-refractivity contribution >= 4 is 36.0 Å². The van der Waals surface area contributed by atoms with E-state index in [1.54, 1.807) is 7.11 Å². The predicted molar refractivity (Wildman–Crippen MR) is 144 cm³/mol. The van der Waals surface area contributed by atoms with E-state index in [2.05, 4.69) is 27.3 Å². The summed E-state index contributed by atoms with van der Waals surface area (Å²) in [5.74, 6) is 2.46. The fraction of sp³-hybridized carbons (Fsp3) is 0.680. The molecule has 1 N–H and O–H groups in total. The van der Waals surface area contributed by atoms with E-state index in [0.717, 1.165) is 57.2 Å². The van der Waals surface area contributed by atoms with Crippen molar-refractivity contribution in [3.63, 3.8) is 0 Å². The number of nitrogens with one attached hydrogen (secondary N) is 1. The Morgan fingerprint density at radius 2 is 1.91 bits per heavy atom. The number of rotatable bonds is 7. The van der Waals surface area contributed by atoms with Crippen LogP contribution in [0.3, 0.4) is 0 Å². The number of methoxy groups -OCH3 is 1. The molecule has 1 aliphatic heterocycles. The number of ether oxygens (including phenoxy) is 2. The third-order valence-corrected chi connectivity index (χ3v) is 6.03. The first-order valence-electron chi connectivity index (χ1n) is 11.9. The smallest absolute Gasteiger partial charge is 0.410 e. The van der Waals surface area contributed by atoms with Gasteiger partial charge in [-0.2, -0.15) is 0 Å². The van der Waals surface area contributed by atoms with Crippen LogP contribution in [-0.4, -0.2) is 73.8 Å². The molecule has 0 bridgehead atoms. The van der Waals surface area contributed by atoms with Gasteiger partial charge in [-0.25, -0.2) is 4.79 Å². The largest absolute Gasteiger partial charge is 0.497 e. The molecule has 33 heavy (non-hydrogen) atoms. The highest BCUT2D eigenvalue weighted by Gasteiger charge is 2.35. The average Bonchev–Trinajstić information content (AvgIpc) is 3.58. The van der Waals surface area contributed by atoms with E-state index in [9.17, 15) is 4.79 Å². The molecular weight excluding hydrogens is 531 g/mol. The fourth-order valence-corrected chi connectivity index (χ4v) is 4.14. The first-order chi connectivity index (χ1) is 15.3. The van der Waals surface area contributed by atoms with Gasteiger partial charge in [0.2, 0.25) is 0 Å². The molecule has 0 unspecified atom stereocenters. The quantitative estimate of drug-likeness (QED) is 0.295. The van der Waals surface area contributed by atoms with Gasteiger partial charge in [0.1, 0.15) is 11.4 Å². The van der Waals surface area contributed by atoms with Gasteiger partial charge in [0.25, 0.3) is 0 Å². The van der Waals surface area contributed by atoms with Crippen LogP contribution in [0.15, 0.2) is 29.3 Å². The monoisotopic (exact) mass is 572 g/mol. The summed E-state index contributed by atoms with van der Waals surface area (Å²) in [4.78, 5) is 21.6. The maximum absolute atomic E-state index is 12.9. The summed E-state index contributed by atoms with van der Waals surface area (Å²) in [5.41, 5.74) is 0.771. The lowest BCUT2D eigenvalue weighted by molar-refractivity contribution is 0.00928. The lowest BCUT2D eigenvalue weighted by Crippen LogP contribution is -2.52. The second-order valence-electron chi connectivity index (χ2n) is 9.87. The molecule has 1 saturated carbocycles. The Bertz CT molecular complexity index is 784. The van der Waals surface area contributed by atoms with Gasteiger partial charge in [0.05, 0.1) is 7.11 Å². The third kappa shape index (κ3) is 8.87. The zero-order valence-electron chi connectivity index (χ0n) is 20.8. The number of aliphatic imine (C=N–C) groups is 1. The molecule has 1 aromatic rings. The summed E-state index contributed by atoms with van der Waals surface area (Å²) >= 11 is 0. The first-order valence-corrected chi connectivity index (χ1v) is 11.9. The lowest BCUT2D eigenvalue weighted by Gasteiger charge is -2.40. The molecule has 0 spiro atoms. The Labute approximate surface area is 216 Å². The minimum absolute atomic E-state index is 0. The molecule has 1 saturated heterocycles. The van der Waals surface area contributed by atoms with E-state index in [1.165, 1.54) is 18.4 Å². The van der Waals surface area contributed by atoms with Crippen LogP contribution in [-0.2, 0) is 11.2 Å². The van der Waals surface area contributed by atoms with Gasteiger partial charge in [-0.3, -0.25) is 4.99 Å². The van der Waals surface area contributed by atoms with Crippen LogP contribution < -0.4 is 10.1 Å². The van der Waals surface area contributed by atoms with Crippen molar-refractivity contribution in [3.8, 4) is 5.75 Å². The average molecular weight is 573 g/mol. The van der Waals surface area contributed by atoms with Crippen molar-refractivity contribution in [2.24, 2.45) is 10.9 Å². The molecule has 2 fully saturated rings. The first kappa shape index (κ1) is 27.5. The highest BCUT2D eigenvalue weighted by molar-refractivity contribution is 14.0. The Morgan fingerprint density at radius 3 is 2.48 bits per heavy atom. The minimum atomic E-state index is -0.464. The standard InChI is InChI=1S/C25H40N4O3.HI/c1-25(2,3)32-24(30)29(18-20-9-10-20)21-12-15-28(16-13-21)23(26-4)27-14-11-19-7-6-8-22(17-19)31-5;/h6-8,17,20-21H,9-16,18H2,1-5H3,(H,26,27);1H. The molecule has 0 atom stereocenters. The number of nitrogens with zero attached hydrogens (tertiary/aromatic N) is 3. The highest BCUT2D eigenvalue weighted by Crippen LogP contribution is 2.32. The second kappa shape index (κ2) is 12.7. The van der Waals surface area contributed by atoms with Gasteiger partial charge < -0.3 is 24.6 Å². The predicted octanol–water partition coefficient (Wildman–Crippen LogP) is 4.54. The molecule has 2 aliphatic rings. The highest BCUT2D eigenvalue weighted by atomic mass is 127. The zero-order valence-corrected chi connectivity index (χ0v) is 23.1. The van der Waals surface area contributed by atoms with Gasteiger partial charge in [-0.15, -0.1) is 24.0 Å². The minimum Gasteiger partial charge on any atom is -0.497 e. The van der Waals surface area contributed by atoms with Crippen LogP contribution in [0, 0.1) is 5.92 Å². The van der Waals surface area contributed by atoms with Gasteiger partial charge in [0, 0.05) is 39.3 Å². The number of benzene rings is 1. The van der Waals surface area contributed by atoms with Crippen molar-refractivity contribution in [1.82, 2.24) is 15.1 Å². The number of carbonyl (C=O) groups excluding carboxylic acids is 1. The molecule has 1 amide bonds. The maximum Gasteiger partial charge on any atom is 0.410 e. The van der Waals surface area contributed by atoms with E-state index >= 15 is 0 Å². The van der Waals surface area contributed by atoms with E-state index in [1.807, 2.05) is 44.9 Å². The Balaban J connectivity index is 0.00000385. The van der Waals surface area contributed by atoms with E-state index in [4.69, 9.17) is 9.47 Å².